The minimum atomic E-state index is -3.19. The molecule has 4 nitrogen and oxygen atoms in total. The summed E-state index contributed by atoms with van der Waals surface area (Å²) in [5.74, 6) is -0.0654. The maximum atomic E-state index is 12.5. The van der Waals surface area contributed by atoms with Gasteiger partial charge in [0.05, 0.1) is 11.8 Å². The molecule has 2 rings (SSSR count). The van der Waals surface area contributed by atoms with Crippen LogP contribution in [0.4, 0.5) is 5.69 Å². The lowest BCUT2D eigenvalue weighted by Crippen LogP contribution is -2.41. The van der Waals surface area contributed by atoms with Crippen LogP contribution in [-0.4, -0.2) is 26.1 Å². The van der Waals surface area contributed by atoms with E-state index in [0.29, 0.717) is 6.42 Å². The van der Waals surface area contributed by atoms with Gasteiger partial charge in [0.1, 0.15) is 0 Å². The third kappa shape index (κ3) is 3.73. The van der Waals surface area contributed by atoms with Gasteiger partial charge < -0.3 is 4.90 Å². The van der Waals surface area contributed by atoms with E-state index in [4.69, 9.17) is 0 Å². The summed E-state index contributed by atoms with van der Waals surface area (Å²) < 4.78 is 23.3. The minimum Gasteiger partial charge on any atom is -0.304 e. The van der Waals surface area contributed by atoms with Crippen molar-refractivity contribution in [2.75, 3.05) is 10.7 Å². The Balaban J connectivity index is 2.41. The first-order valence-corrected chi connectivity index (χ1v) is 8.85. The van der Waals surface area contributed by atoms with Crippen molar-refractivity contribution in [3.8, 4) is 0 Å². The van der Waals surface area contributed by atoms with Crippen molar-refractivity contribution in [3.63, 3.8) is 0 Å². The van der Waals surface area contributed by atoms with E-state index in [9.17, 15) is 13.2 Å². The number of carbonyl (C=O) groups is 1. The van der Waals surface area contributed by atoms with Crippen molar-refractivity contribution in [2.45, 2.75) is 39.7 Å². The van der Waals surface area contributed by atoms with Crippen molar-refractivity contribution in [2.24, 2.45) is 0 Å². The minimum absolute atomic E-state index is 0.0323. The van der Waals surface area contributed by atoms with Gasteiger partial charge in [0.2, 0.25) is 5.91 Å². The van der Waals surface area contributed by atoms with Gasteiger partial charge in [-0.1, -0.05) is 13.0 Å². The SMILES string of the molecule is CCCC(=O)N(c1cc(C)cc(C)c1)[C@H]1C=CS(=O)(=O)C1. The monoisotopic (exact) mass is 307 g/mol. The number of hydrogen-bond donors (Lipinski definition) is 0. The van der Waals surface area contributed by atoms with E-state index in [1.807, 2.05) is 39.0 Å². The number of rotatable bonds is 4. The van der Waals surface area contributed by atoms with Crippen LogP contribution in [0.3, 0.4) is 0 Å². The van der Waals surface area contributed by atoms with Crippen molar-refractivity contribution in [1.29, 1.82) is 0 Å². The fourth-order valence-electron chi connectivity index (χ4n) is 2.66. The fourth-order valence-corrected chi connectivity index (χ4v) is 3.93. The number of nitrogens with zero attached hydrogens (tertiary/aromatic N) is 1. The summed E-state index contributed by atoms with van der Waals surface area (Å²) in [6.07, 6.45) is 2.77. The molecule has 0 N–H and O–H groups in total. The smallest absolute Gasteiger partial charge is 0.227 e. The van der Waals surface area contributed by atoms with Crippen LogP contribution >= 0.6 is 0 Å². The average molecular weight is 307 g/mol. The van der Waals surface area contributed by atoms with Gasteiger partial charge in [-0.2, -0.15) is 0 Å². The number of amides is 1. The van der Waals surface area contributed by atoms with Gasteiger partial charge in [-0.25, -0.2) is 8.42 Å². The van der Waals surface area contributed by atoms with E-state index >= 15 is 0 Å². The van der Waals surface area contributed by atoms with E-state index in [-0.39, 0.29) is 11.7 Å². The lowest BCUT2D eigenvalue weighted by molar-refractivity contribution is -0.118. The predicted molar refractivity (Wildman–Crippen MR) is 85.0 cm³/mol. The summed E-state index contributed by atoms with van der Waals surface area (Å²) in [5.41, 5.74) is 2.89. The number of aryl methyl sites for hydroxylation is 2. The van der Waals surface area contributed by atoms with E-state index in [1.54, 1.807) is 11.0 Å². The molecular formula is C16H21NO3S. The molecule has 0 radical (unpaired) electrons. The van der Waals surface area contributed by atoms with Crippen LogP contribution in [0.5, 0.6) is 0 Å². The van der Waals surface area contributed by atoms with Gasteiger partial charge in [0.25, 0.3) is 0 Å². The zero-order valence-corrected chi connectivity index (χ0v) is 13.5. The summed E-state index contributed by atoms with van der Waals surface area (Å²) in [4.78, 5) is 14.1. The molecule has 1 aromatic rings. The molecular weight excluding hydrogens is 286 g/mol. The van der Waals surface area contributed by atoms with Crippen LogP contribution in [-0.2, 0) is 14.6 Å². The molecule has 0 unspecified atom stereocenters. The van der Waals surface area contributed by atoms with Crippen LogP contribution in [0, 0.1) is 13.8 Å². The molecule has 0 fully saturated rings. The first kappa shape index (κ1) is 15.8. The van der Waals surface area contributed by atoms with Gasteiger partial charge in [0.15, 0.2) is 9.84 Å². The van der Waals surface area contributed by atoms with Crippen LogP contribution < -0.4 is 4.90 Å². The van der Waals surface area contributed by atoms with Crippen LogP contribution in [0.2, 0.25) is 0 Å². The number of hydrogen-bond acceptors (Lipinski definition) is 3. The molecule has 0 bridgehead atoms. The molecule has 5 heteroatoms. The van der Waals surface area contributed by atoms with Gasteiger partial charge in [-0.15, -0.1) is 0 Å². The molecule has 1 aromatic carbocycles. The third-order valence-corrected chi connectivity index (χ3v) is 4.84. The molecule has 0 saturated heterocycles. The van der Waals surface area contributed by atoms with Gasteiger partial charge in [0, 0.05) is 17.5 Å². The Hall–Kier alpha value is -1.62. The Morgan fingerprint density at radius 2 is 1.86 bits per heavy atom. The maximum absolute atomic E-state index is 12.5. The largest absolute Gasteiger partial charge is 0.304 e. The highest BCUT2D eigenvalue weighted by molar-refractivity contribution is 7.94. The number of benzene rings is 1. The van der Waals surface area contributed by atoms with Gasteiger partial charge >= 0.3 is 0 Å². The van der Waals surface area contributed by atoms with Crippen molar-refractivity contribution in [1.82, 2.24) is 0 Å². The molecule has 21 heavy (non-hydrogen) atoms. The van der Waals surface area contributed by atoms with E-state index in [1.165, 1.54) is 5.41 Å². The van der Waals surface area contributed by atoms with E-state index in [0.717, 1.165) is 23.2 Å². The molecule has 0 aromatic heterocycles. The number of carbonyl (C=O) groups excluding carboxylic acids is 1. The Morgan fingerprint density at radius 3 is 2.33 bits per heavy atom. The topological polar surface area (TPSA) is 54.5 Å². The fraction of sp³-hybridized carbons (Fsp3) is 0.438. The summed E-state index contributed by atoms with van der Waals surface area (Å²) >= 11 is 0. The highest BCUT2D eigenvalue weighted by atomic mass is 32.2. The van der Waals surface area contributed by atoms with Crippen molar-refractivity contribution < 1.29 is 13.2 Å². The highest BCUT2D eigenvalue weighted by Crippen LogP contribution is 2.26. The average Bonchev–Trinajstić information content (AvgIpc) is 2.68. The van der Waals surface area contributed by atoms with Crippen molar-refractivity contribution in [3.05, 3.63) is 40.8 Å². The number of anilines is 1. The number of sulfone groups is 1. The molecule has 1 amide bonds. The second kappa shape index (κ2) is 6.02. The second-order valence-corrected chi connectivity index (χ2v) is 7.52. The summed E-state index contributed by atoms with van der Waals surface area (Å²) in [6, 6.07) is 5.49. The predicted octanol–water partition coefficient (Wildman–Crippen LogP) is 2.75. The Kier molecular flexibility index (Phi) is 4.52. The molecule has 1 aliphatic rings. The molecule has 1 atom stereocenters. The summed E-state index contributed by atoms with van der Waals surface area (Å²) in [5, 5.41) is 1.21. The zero-order valence-electron chi connectivity index (χ0n) is 12.7. The van der Waals surface area contributed by atoms with Crippen molar-refractivity contribution >= 4 is 21.4 Å². The molecule has 114 valence electrons. The van der Waals surface area contributed by atoms with Crippen LogP contribution in [0.1, 0.15) is 30.9 Å². The lowest BCUT2D eigenvalue weighted by atomic mass is 10.1. The maximum Gasteiger partial charge on any atom is 0.227 e. The van der Waals surface area contributed by atoms with Crippen LogP contribution in [0.15, 0.2) is 29.7 Å². The zero-order chi connectivity index (χ0) is 15.6. The molecule has 0 aliphatic carbocycles. The first-order valence-electron chi connectivity index (χ1n) is 7.13. The van der Waals surface area contributed by atoms with Crippen LogP contribution in [0.25, 0.3) is 0 Å². The lowest BCUT2D eigenvalue weighted by Gasteiger charge is -2.28. The second-order valence-electron chi connectivity index (χ2n) is 5.59. The van der Waals surface area contributed by atoms with E-state index < -0.39 is 15.9 Å². The van der Waals surface area contributed by atoms with Gasteiger partial charge in [-0.05, 0) is 49.6 Å². The molecule has 1 aliphatic heterocycles. The van der Waals surface area contributed by atoms with Gasteiger partial charge in [-0.3, -0.25) is 4.79 Å². The highest BCUT2D eigenvalue weighted by Gasteiger charge is 2.31. The standard InChI is InChI=1S/C16H21NO3S/c1-4-5-16(18)17(14-6-7-21(19,20)11-14)15-9-12(2)8-13(3)10-15/h6-10,14H,4-5,11H2,1-3H3/t14-/m0/s1. The molecule has 1 heterocycles. The van der Waals surface area contributed by atoms with E-state index in [2.05, 4.69) is 0 Å². The Labute approximate surface area is 126 Å². The normalized spacial score (nSPS) is 19.7. The third-order valence-electron chi connectivity index (χ3n) is 3.46. The molecule has 0 spiro atoms. The Bertz CT molecular complexity index is 657. The quantitative estimate of drug-likeness (QED) is 0.859. The summed E-state index contributed by atoms with van der Waals surface area (Å²) in [7, 11) is -3.19. The first-order chi connectivity index (χ1) is 9.82. The molecule has 0 saturated carbocycles. The Morgan fingerprint density at radius 1 is 1.24 bits per heavy atom. The summed E-state index contributed by atoms with van der Waals surface area (Å²) in [6.45, 7) is 5.89.